The number of amides is 2. The fourth-order valence-electron chi connectivity index (χ4n) is 4.71. The lowest BCUT2D eigenvalue weighted by Crippen LogP contribution is -2.36. The molecule has 2 amide bonds. The highest BCUT2D eigenvalue weighted by Crippen LogP contribution is 2.34. The molecule has 3 aromatic carbocycles. The minimum absolute atomic E-state index is 0.0866. The maximum Gasteiger partial charge on any atom is 0.230 e. The Morgan fingerprint density at radius 1 is 1.00 bits per heavy atom. The minimum Gasteiger partial charge on any atom is -0.375 e. The van der Waals surface area contributed by atoms with Gasteiger partial charge in [-0.25, -0.2) is 4.98 Å². The van der Waals surface area contributed by atoms with Crippen molar-refractivity contribution < 1.29 is 9.59 Å². The van der Waals surface area contributed by atoms with Gasteiger partial charge in [0.15, 0.2) is 5.13 Å². The van der Waals surface area contributed by atoms with Crippen LogP contribution in [0.5, 0.6) is 0 Å². The van der Waals surface area contributed by atoms with Gasteiger partial charge in [0, 0.05) is 36.1 Å². The molecule has 1 aliphatic carbocycles. The van der Waals surface area contributed by atoms with Gasteiger partial charge in [-0.15, -0.1) is 11.3 Å². The fraction of sp³-hybridized carbons (Fsp3) is 0.207. The van der Waals surface area contributed by atoms with Crippen molar-refractivity contribution in [3.8, 4) is 11.3 Å². The number of nitrogens with two attached hydrogens (primary N) is 1. The summed E-state index contributed by atoms with van der Waals surface area (Å²) in [5.74, 6) is -0.193. The van der Waals surface area contributed by atoms with Gasteiger partial charge in [-0.2, -0.15) is 0 Å². The normalized spacial score (nSPS) is 14.3. The highest BCUT2D eigenvalue weighted by molar-refractivity contribution is 7.13. The number of aromatic nitrogens is 1. The molecule has 0 fully saturated rings. The minimum atomic E-state index is -0.153. The van der Waals surface area contributed by atoms with Crippen LogP contribution in [0.4, 0.5) is 10.8 Å². The molecule has 5 rings (SSSR count). The Balaban J connectivity index is 1.24. The first-order valence-electron chi connectivity index (χ1n) is 12.1. The first-order valence-corrected chi connectivity index (χ1v) is 13.0. The van der Waals surface area contributed by atoms with Gasteiger partial charge in [0.1, 0.15) is 0 Å². The van der Waals surface area contributed by atoms with Crippen LogP contribution in [0, 0.1) is 0 Å². The molecule has 0 bridgehead atoms. The monoisotopic (exact) mass is 496 g/mol. The van der Waals surface area contributed by atoms with Crippen molar-refractivity contribution in [3.05, 3.63) is 101 Å². The third-order valence-electron chi connectivity index (χ3n) is 6.55. The van der Waals surface area contributed by atoms with Crippen LogP contribution in [0.3, 0.4) is 0 Å². The predicted molar refractivity (Wildman–Crippen MR) is 145 cm³/mol. The Bertz CT molecular complexity index is 1350. The van der Waals surface area contributed by atoms with Crippen LogP contribution in [0.2, 0.25) is 0 Å². The number of anilines is 2. The number of nitrogens with one attached hydrogen (secondary N) is 1. The van der Waals surface area contributed by atoms with E-state index in [4.69, 9.17) is 5.73 Å². The van der Waals surface area contributed by atoms with E-state index in [1.54, 1.807) is 0 Å². The van der Waals surface area contributed by atoms with E-state index >= 15 is 0 Å². The SMILES string of the molecule is Nc1nc(-c2ccc(NC(=O)CCN(Cc3ccccc3)C(=O)C3CCc4ccccc43)cc2)cs1. The van der Waals surface area contributed by atoms with Crippen LogP contribution in [0.15, 0.2) is 84.2 Å². The van der Waals surface area contributed by atoms with E-state index in [0.29, 0.717) is 23.9 Å². The molecule has 1 unspecified atom stereocenters. The first kappa shape index (κ1) is 23.8. The molecule has 0 spiro atoms. The van der Waals surface area contributed by atoms with E-state index in [-0.39, 0.29) is 24.2 Å². The number of nitrogens with zero attached hydrogens (tertiary/aromatic N) is 2. The summed E-state index contributed by atoms with van der Waals surface area (Å²) in [5.41, 5.74) is 11.6. The third-order valence-corrected chi connectivity index (χ3v) is 7.23. The maximum atomic E-state index is 13.6. The number of fused-ring (bicyclic) bond motifs is 1. The Morgan fingerprint density at radius 3 is 2.50 bits per heavy atom. The molecule has 0 radical (unpaired) electrons. The highest BCUT2D eigenvalue weighted by atomic mass is 32.1. The second-order valence-corrected chi connectivity index (χ2v) is 9.87. The van der Waals surface area contributed by atoms with Crippen molar-refractivity contribution in [1.82, 2.24) is 9.88 Å². The molecule has 1 heterocycles. The van der Waals surface area contributed by atoms with Crippen LogP contribution in [-0.2, 0) is 22.6 Å². The van der Waals surface area contributed by atoms with Crippen molar-refractivity contribution in [2.75, 3.05) is 17.6 Å². The van der Waals surface area contributed by atoms with E-state index in [9.17, 15) is 9.59 Å². The molecule has 7 heteroatoms. The molecule has 1 aromatic heterocycles. The van der Waals surface area contributed by atoms with Crippen molar-refractivity contribution in [2.24, 2.45) is 0 Å². The summed E-state index contributed by atoms with van der Waals surface area (Å²) in [5, 5.41) is 5.38. The Hall–Kier alpha value is -3.97. The summed E-state index contributed by atoms with van der Waals surface area (Å²) in [4.78, 5) is 32.6. The molecule has 6 nitrogen and oxygen atoms in total. The summed E-state index contributed by atoms with van der Waals surface area (Å²) in [6.45, 7) is 0.839. The number of aryl methyl sites for hydroxylation is 1. The molecule has 0 saturated heterocycles. The summed E-state index contributed by atoms with van der Waals surface area (Å²) in [6.07, 6.45) is 1.94. The molecule has 0 saturated carbocycles. The van der Waals surface area contributed by atoms with Crippen LogP contribution < -0.4 is 11.1 Å². The summed E-state index contributed by atoms with van der Waals surface area (Å²) >= 11 is 1.40. The van der Waals surface area contributed by atoms with Crippen molar-refractivity contribution in [1.29, 1.82) is 0 Å². The molecule has 0 aliphatic heterocycles. The number of carbonyl (C=O) groups excluding carboxylic acids is 2. The zero-order chi connectivity index (χ0) is 24.9. The van der Waals surface area contributed by atoms with E-state index < -0.39 is 0 Å². The fourth-order valence-corrected chi connectivity index (χ4v) is 5.28. The van der Waals surface area contributed by atoms with Crippen LogP contribution in [0.25, 0.3) is 11.3 Å². The number of carbonyl (C=O) groups is 2. The van der Waals surface area contributed by atoms with Gasteiger partial charge < -0.3 is 16.0 Å². The van der Waals surface area contributed by atoms with E-state index in [1.807, 2.05) is 77.0 Å². The summed E-state index contributed by atoms with van der Waals surface area (Å²) in [6, 6.07) is 25.6. The number of nitrogen functional groups attached to an aromatic ring is 1. The Kier molecular flexibility index (Phi) is 7.09. The van der Waals surface area contributed by atoms with Gasteiger partial charge in [-0.1, -0.05) is 66.7 Å². The highest BCUT2D eigenvalue weighted by Gasteiger charge is 2.31. The molecular formula is C29H28N4O2S. The zero-order valence-corrected chi connectivity index (χ0v) is 20.7. The Labute approximate surface area is 214 Å². The standard InChI is InChI=1S/C29H28N4O2S/c30-29-32-26(19-36-29)22-10-13-23(14-11-22)31-27(34)16-17-33(18-20-6-2-1-3-7-20)28(35)25-15-12-21-8-4-5-9-24(21)25/h1-11,13-14,19,25H,12,15-18H2,(H2,30,32)(H,31,34). The smallest absolute Gasteiger partial charge is 0.230 e. The number of thiazole rings is 1. The first-order chi connectivity index (χ1) is 17.6. The predicted octanol–water partition coefficient (Wildman–Crippen LogP) is 5.48. The third kappa shape index (κ3) is 5.47. The van der Waals surface area contributed by atoms with Gasteiger partial charge in [-0.05, 0) is 41.7 Å². The topological polar surface area (TPSA) is 88.3 Å². The van der Waals surface area contributed by atoms with Crippen LogP contribution in [0.1, 0.15) is 35.4 Å². The second kappa shape index (κ2) is 10.7. The van der Waals surface area contributed by atoms with Gasteiger partial charge in [-0.3, -0.25) is 9.59 Å². The second-order valence-electron chi connectivity index (χ2n) is 8.98. The number of rotatable bonds is 8. The van der Waals surface area contributed by atoms with Crippen molar-refractivity contribution >= 4 is 34.0 Å². The van der Waals surface area contributed by atoms with Gasteiger partial charge in [0.25, 0.3) is 0 Å². The average Bonchev–Trinajstić information content (AvgIpc) is 3.53. The van der Waals surface area contributed by atoms with Gasteiger partial charge in [0.2, 0.25) is 11.8 Å². The zero-order valence-electron chi connectivity index (χ0n) is 19.9. The van der Waals surface area contributed by atoms with Crippen LogP contribution in [-0.4, -0.2) is 28.2 Å². The van der Waals surface area contributed by atoms with Gasteiger partial charge in [0.05, 0.1) is 11.6 Å². The van der Waals surface area contributed by atoms with E-state index in [2.05, 4.69) is 22.4 Å². The molecule has 3 N–H and O–H groups in total. The van der Waals surface area contributed by atoms with Crippen molar-refractivity contribution in [3.63, 3.8) is 0 Å². The lowest BCUT2D eigenvalue weighted by molar-refractivity contribution is -0.133. The quantitative estimate of drug-likeness (QED) is 0.338. The molecule has 182 valence electrons. The molecule has 1 atom stereocenters. The summed E-state index contributed by atoms with van der Waals surface area (Å²) < 4.78 is 0. The van der Waals surface area contributed by atoms with E-state index in [1.165, 1.54) is 16.9 Å². The summed E-state index contributed by atoms with van der Waals surface area (Å²) in [7, 11) is 0. The molecular weight excluding hydrogens is 468 g/mol. The molecule has 1 aliphatic rings. The largest absolute Gasteiger partial charge is 0.375 e. The number of hydrogen-bond donors (Lipinski definition) is 2. The lowest BCUT2D eigenvalue weighted by Gasteiger charge is -2.26. The van der Waals surface area contributed by atoms with Crippen LogP contribution >= 0.6 is 11.3 Å². The Morgan fingerprint density at radius 2 is 1.75 bits per heavy atom. The molecule has 4 aromatic rings. The molecule has 36 heavy (non-hydrogen) atoms. The lowest BCUT2D eigenvalue weighted by atomic mass is 9.99. The van der Waals surface area contributed by atoms with E-state index in [0.717, 1.165) is 35.2 Å². The number of benzene rings is 3. The average molecular weight is 497 g/mol. The maximum absolute atomic E-state index is 13.6. The van der Waals surface area contributed by atoms with Gasteiger partial charge >= 0.3 is 0 Å². The number of hydrogen-bond acceptors (Lipinski definition) is 5. The van der Waals surface area contributed by atoms with Crippen molar-refractivity contribution in [2.45, 2.75) is 31.7 Å².